The molecule has 0 bridgehead atoms. The Labute approximate surface area is 107 Å². The summed E-state index contributed by atoms with van der Waals surface area (Å²) in [6.07, 6.45) is 8.84. The molecule has 0 aliphatic rings. The molecular weight excluding hydrogens is 210 g/mol. The molecule has 1 amide bonds. The molecule has 0 radical (unpaired) electrons. The highest BCUT2D eigenvalue weighted by atomic mass is 16.1. The van der Waals surface area contributed by atoms with Gasteiger partial charge in [-0.3, -0.25) is 4.79 Å². The standard InChI is InChI=1S/C15H27NO/c1-7-9-13(8-2)16-14(17)10-12(3)11-15(4,5)6/h2,12-13H,7,9-11H2,1,3-6H3,(H,16,17). The molecule has 0 aromatic rings. The van der Waals surface area contributed by atoms with Crippen LogP contribution in [0.2, 0.25) is 0 Å². The molecule has 0 saturated heterocycles. The third-order valence-corrected chi connectivity index (χ3v) is 2.61. The van der Waals surface area contributed by atoms with Crippen LogP contribution in [0, 0.1) is 23.7 Å². The predicted molar refractivity (Wildman–Crippen MR) is 73.5 cm³/mol. The Morgan fingerprint density at radius 3 is 2.41 bits per heavy atom. The SMILES string of the molecule is C#CC(CCC)NC(=O)CC(C)CC(C)(C)C. The van der Waals surface area contributed by atoms with Crippen molar-refractivity contribution >= 4 is 5.91 Å². The topological polar surface area (TPSA) is 29.1 Å². The number of terminal acetylenes is 1. The van der Waals surface area contributed by atoms with Gasteiger partial charge in [-0.25, -0.2) is 0 Å². The minimum Gasteiger partial charge on any atom is -0.342 e. The van der Waals surface area contributed by atoms with Crippen LogP contribution in [-0.2, 0) is 4.79 Å². The van der Waals surface area contributed by atoms with Crippen LogP contribution in [0.3, 0.4) is 0 Å². The van der Waals surface area contributed by atoms with E-state index in [9.17, 15) is 4.79 Å². The lowest BCUT2D eigenvalue weighted by Gasteiger charge is -2.23. The van der Waals surface area contributed by atoms with E-state index in [1.54, 1.807) is 0 Å². The van der Waals surface area contributed by atoms with Crippen molar-refractivity contribution < 1.29 is 4.79 Å². The zero-order valence-corrected chi connectivity index (χ0v) is 12.0. The lowest BCUT2D eigenvalue weighted by Crippen LogP contribution is -2.34. The van der Waals surface area contributed by atoms with E-state index in [0.29, 0.717) is 12.3 Å². The van der Waals surface area contributed by atoms with E-state index >= 15 is 0 Å². The molecule has 1 N–H and O–H groups in total. The molecule has 2 unspecified atom stereocenters. The zero-order chi connectivity index (χ0) is 13.5. The van der Waals surface area contributed by atoms with E-state index < -0.39 is 0 Å². The first-order valence-corrected chi connectivity index (χ1v) is 6.54. The second-order valence-corrected chi connectivity index (χ2v) is 6.15. The predicted octanol–water partition coefficient (Wildman–Crippen LogP) is 3.37. The molecule has 2 nitrogen and oxygen atoms in total. The van der Waals surface area contributed by atoms with Gasteiger partial charge in [-0.2, -0.15) is 0 Å². The van der Waals surface area contributed by atoms with Gasteiger partial charge in [0.25, 0.3) is 0 Å². The highest BCUT2D eigenvalue weighted by Crippen LogP contribution is 2.25. The fourth-order valence-corrected chi connectivity index (χ4v) is 2.17. The van der Waals surface area contributed by atoms with Gasteiger partial charge in [-0.15, -0.1) is 6.42 Å². The lowest BCUT2D eigenvalue weighted by atomic mass is 9.84. The number of carbonyl (C=O) groups is 1. The van der Waals surface area contributed by atoms with Gasteiger partial charge in [-0.1, -0.05) is 47.0 Å². The monoisotopic (exact) mass is 237 g/mol. The maximum absolute atomic E-state index is 11.8. The Kier molecular flexibility index (Phi) is 6.95. The molecule has 0 fully saturated rings. The second-order valence-electron chi connectivity index (χ2n) is 6.15. The summed E-state index contributed by atoms with van der Waals surface area (Å²) < 4.78 is 0. The zero-order valence-electron chi connectivity index (χ0n) is 12.0. The van der Waals surface area contributed by atoms with Gasteiger partial charge >= 0.3 is 0 Å². The van der Waals surface area contributed by atoms with Gasteiger partial charge in [-0.05, 0) is 24.2 Å². The van der Waals surface area contributed by atoms with Crippen molar-refractivity contribution in [3.05, 3.63) is 0 Å². The van der Waals surface area contributed by atoms with E-state index in [0.717, 1.165) is 19.3 Å². The molecule has 0 saturated carbocycles. The number of nitrogens with one attached hydrogen (secondary N) is 1. The normalized spacial score (nSPS) is 14.8. The Balaban J connectivity index is 4.05. The first kappa shape index (κ1) is 16.0. The van der Waals surface area contributed by atoms with Crippen molar-refractivity contribution in [1.82, 2.24) is 5.32 Å². The number of hydrogen-bond acceptors (Lipinski definition) is 1. The molecule has 0 spiro atoms. The van der Waals surface area contributed by atoms with Crippen molar-refractivity contribution in [2.45, 2.75) is 66.3 Å². The van der Waals surface area contributed by atoms with Gasteiger partial charge in [0.15, 0.2) is 0 Å². The Hall–Kier alpha value is -0.970. The van der Waals surface area contributed by atoms with Gasteiger partial charge in [0, 0.05) is 6.42 Å². The van der Waals surface area contributed by atoms with Crippen molar-refractivity contribution in [2.24, 2.45) is 11.3 Å². The van der Waals surface area contributed by atoms with E-state index in [1.807, 2.05) is 0 Å². The van der Waals surface area contributed by atoms with E-state index in [2.05, 4.69) is 45.9 Å². The molecule has 2 heteroatoms. The van der Waals surface area contributed by atoms with Crippen LogP contribution in [0.25, 0.3) is 0 Å². The molecule has 17 heavy (non-hydrogen) atoms. The molecule has 0 aromatic heterocycles. The maximum atomic E-state index is 11.8. The molecular formula is C15H27NO. The fraction of sp³-hybridized carbons (Fsp3) is 0.800. The van der Waals surface area contributed by atoms with Crippen LogP contribution in [-0.4, -0.2) is 11.9 Å². The van der Waals surface area contributed by atoms with Crippen molar-refractivity contribution in [2.75, 3.05) is 0 Å². The number of rotatable bonds is 6. The minimum absolute atomic E-state index is 0.0816. The largest absolute Gasteiger partial charge is 0.342 e. The third-order valence-electron chi connectivity index (χ3n) is 2.61. The number of hydrogen-bond donors (Lipinski definition) is 1. The summed E-state index contributed by atoms with van der Waals surface area (Å²) in [6, 6.07) is -0.102. The number of carbonyl (C=O) groups excluding carboxylic acids is 1. The summed E-state index contributed by atoms with van der Waals surface area (Å²) in [5.74, 6) is 3.10. The highest BCUT2D eigenvalue weighted by molar-refractivity contribution is 5.76. The summed E-state index contributed by atoms with van der Waals surface area (Å²) in [5, 5.41) is 2.91. The van der Waals surface area contributed by atoms with Gasteiger partial charge < -0.3 is 5.32 Å². The molecule has 0 aliphatic carbocycles. The molecule has 0 rings (SSSR count). The second kappa shape index (κ2) is 7.37. The van der Waals surface area contributed by atoms with E-state index in [4.69, 9.17) is 6.42 Å². The Morgan fingerprint density at radius 1 is 1.41 bits per heavy atom. The summed E-state index contributed by atoms with van der Waals surface area (Å²) in [4.78, 5) is 11.8. The highest BCUT2D eigenvalue weighted by Gasteiger charge is 2.18. The molecule has 2 atom stereocenters. The molecule has 0 heterocycles. The first-order chi connectivity index (χ1) is 7.78. The van der Waals surface area contributed by atoms with Crippen LogP contribution in [0.4, 0.5) is 0 Å². The Morgan fingerprint density at radius 2 is 2.00 bits per heavy atom. The fourth-order valence-electron chi connectivity index (χ4n) is 2.17. The summed E-state index contributed by atoms with van der Waals surface area (Å²) in [5.41, 5.74) is 0.272. The molecule has 0 aromatic carbocycles. The molecule has 0 aliphatic heterocycles. The molecule has 98 valence electrons. The quantitative estimate of drug-likeness (QED) is 0.705. The number of amides is 1. The van der Waals surface area contributed by atoms with E-state index in [-0.39, 0.29) is 17.4 Å². The third kappa shape index (κ3) is 8.80. The smallest absolute Gasteiger partial charge is 0.221 e. The van der Waals surface area contributed by atoms with Gasteiger partial charge in [0.05, 0.1) is 6.04 Å². The lowest BCUT2D eigenvalue weighted by molar-refractivity contribution is -0.122. The van der Waals surface area contributed by atoms with Crippen molar-refractivity contribution in [1.29, 1.82) is 0 Å². The first-order valence-electron chi connectivity index (χ1n) is 6.54. The van der Waals surface area contributed by atoms with Crippen LogP contribution in [0.5, 0.6) is 0 Å². The van der Waals surface area contributed by atoms with Crippen molar-refractivity contribution in [3.8, 4) is 12.3 Å². The Bertz CT molecular complexity index is 270. The van der Waals surface area contributed by atoms with Gasteiger partial charge in [0.1, 0.15) is 0 Å². The summed E-state index contributed by atoms with van der Waals surface area (Å²) in [6.45, 7) is 10.8. The average Bonchev–Trinajstić information content (AvgIpc) is 2.13. The van der Waals surface area contributed by atoms with Gasteiger partial charge in [0.2, 0.25) is 5.91 Å². The van der Waals surface area contributed by atoms with Crippen molar-refractivity contribution in [3.63, 3.8) is 0 Å². The van der Waals surface area contributed by atoms with Crippen LogP contribution >= 0.6 is 0 Å². The van der Waals surface area contributed by atoms with Crippen LogP contribution in [0.15, 0.2) is 0 Å². The van der Waals surface area contributed by atoms with Crippen LogP contribution in [0.1, 0.15) is 60.3 Å². The maximum Gasteiger partial charge on any atom is 0.221 e. The average molecular weight is 237 g/mol. The minimum atomic E-state index is -0.102. The summed E-state index contributed by atoms with van der Waals surface area (Å²) >= 11 is 0. The van der Waals surface area contributed by atoms with Crippen LogP contribution < -0.4 is 5.32 Å². The summed E-state index contributed by atoms with van der Waals surface area (Å²) in [7, 11) is 0. The van der Waals surface area contributed by atoms with E-state index in [1.165, 1.54) is 0 Å².